The standard InChI is InChI=1S/C24H21N3O5S2/c1-2-17-14-34-23-20(25-19(28)12-15-6-4-3-5-7-15)22(29)26(23)21(17)24(33)32-13-16-8-10-18(11-9-16)27(30)31/h2-11,20,23H,1,12-14H2,(H,25,28)/t20?,23-/m1/s1. The number of allylic oxidation sites excluding steroid dienone is 1. The van der Waals surface area contributed by atoms with E-state index in [0.717, 1.165) is 11.1 Å². The highest BCUT2D eigenvalue weighted by atomic mass is 32.2. The summed E-state index contributed by atoms with van der Waals surface area (Å²) in [5, 5.41) is 13.5. The van der Waals surface area contributed by atoms with E-state index in [-0.39, 0.29) is 41.0 Å². The SMILES string of the molecule is C=CC1=C(C(=S)OCc2ccc([N+](=O)[O-])cc2)N2C(=O)C(NC(=O)Cc3ccccc3)[C@H]2SC1. The predicted octanol–water partition coefficient (Wildman–Crippen LogP) is 3.52. The minimum atomic E-state index is -0.639. The molecule has 34 heavy (non-hydrogen) atoms. The summed E-state index contributed by atoms with van der Waals surface area (Å²) in [5.41, 5.74) is 2.82. The van der Waals surface area contributed by atoms with E-state index in [2.05, 4.69) is 11.9 Å². The molecular formula is C24H21N3O5S2. The van der Waals surface area contributed by atoms with Gasteiger partial charge in [0.1, 0.15) is 23.7 Å². The monoisotopic (exact) mass is 495 g/mol. The minimum Gasteiger partial charge on any atom is -0.477 e. The molecule has 2 aliphatic rings. The van der Waals surface area contributed by atoms with Gasteiger partial charge < -0.3 is 10.1 Å². The van der Waals surface area contributed by atoms with Gasteiger partial charge in [0.25, 0.3) is 11.6 Å². The second kappa shape index (κ2) is 10.2. The van der Waals surface area contributed by atoms with Gasteiger partial charge in [-0.15, -0.1) is 11.8 Å². The molecule has 0 aromatic heterocycles. The Hall–Kier alpha value is -3.50. The van der Waals surface area contributed by atoms with E-state index in [1.165, 1.54) is 23.9 Å². The van der Waals surface area contributed by atoms with E-state index in [4.69, 9.17) is 17.0 Å². The number of nitro benzene ring substituents is 1. The first-order valence-electron chi connectivity index (χ1n) is 10.4. The number of carbonyl (C=O) groups is 2. The van der Waals surface area contributed by atoms with Gasteiger partial charge in [-0.3, -0.25) is 24.6 Å². The number of fused-ring (bicyclic) bond motifs is 1. The molecule has 10 heteroatoms. The highest BCUT2D eigenvalue weighted by Crippen LogP contribution is 2.41. The van der Waals surface area contributed by atoms with Crippen molar-refractivity contribution in [3.8, 4) is 0 Å². The molecule has 2 aromatic carbocycles. The highest BCUT2D eigenvalue weighted by molar-refractivity contribution is 8.00. The molecule has 1 unspecified atom stereocenters. The number of non-ortho nitro benzene ring substituents is 1. The summed E-state index contributed by atoms with van der Waals surface area (Å²) in [6, 6.07) is 14.7. The number of β-lactam (4-membered cyclic amide) rings is 1. The zero-order chi connectivity index (χ0) is 24.2. The molecule has 0 aliphatic carbocycles. The van der Waals surface area contributed by atoms with Crippen LogP contribution in [0.4, 0.5) is 5.69 Å². The molecule has 1 saturated heterocycles. The number of hydrogen-bond acceptors (Lipinski definition) is 7. The average Bonchev–Trinajstić information content (AvgIpc) is 2.85. The third kappa shape index (κ3) is 4.87. The van der Waals surface area contributed by atoms with Crippen LogP contribution in [0.15, 0.2) is 78.5 Å². The Morgan fingerprint density at radius 3 is 2.59 bits per heavy atom. The summed E-state index contributed by atoms with van der Waals surface area (Å²) in [5.74, 6) is 0.0930. The Bertz CT molecular complexity index is 1180. The molecule has 0 bridgehead atoms. The number of carbonyl (C=O) groups excluding carboxylic acids is 2. The Labute approximate surface area is 205 Å². The Morgan fingerprint density at radius 1 is 1.24 bits per heavy atom. The van der Waals surface area contributed by atoms with Crippen LogP contribution in [0, 0.1) is 10.1 Å². The van der Waals surface area contributed by atoms with Gasteiger partial charge in [-0.1, -0.05) is 43.0 Å². The van der Waals surface area contributed by atoms with Crippen LogP contribution in [0.25, 0.3) is 0 Å². The van der Waals surface area contributed by atoms with Crippen LogP contribution in [0.2, 0.25) is 0 Å². The maximum Gasteiger partial charge on any atom is 0.269 e. The van der Waals surface area contributed by atoms with Gasteiger partial charge in [-0.2, -0.15) is 0 Å². The van der Waals surface area contributed by atoms with Gasteiger partial charge in [-0.25, -0.2) is 0 Å². The van der Waals surface area contributed by atoms with Crippen molar-refractivity contribution in [2.45, 2.75) is 24.4 Å². The molecule has 174 valence electrons. The smallest absolute Gasteiger partial charge is 0.269 e. The van der Waals surface area contributed by atoms with Crippen molar-refractivity contribution in [2.75, 3.05) is 5.75 Å². The lowest BCUT2D eigenvalue weighted by Gasteiger charge is -2.50. The number of amides is 2. The van der Waals surface area contributed by atoms with Crippen molar-refractivity contribution in [1.29, 1.82) is 0 Å². The van der Waals surface area contributed by atoms with Crippen LogP contribution in [-0.2, 0) is 27.4 Å². The van der Waals surface area contributed by atoms with Gasteiger partial charge in [0.05, 0.1) is 11.3 Å². The molecular weight excluding hydrogens is 474 g/mol. The quantitative estimate of drug-likeness (QED) is 0.259. The molecule has 2 heterocycles. The van der Waals surface area contributed by atoms with Crippen molar-refractivity contribution >= 4 is 46.5 Å². The molecule has 2 amide bonds. The van der Waals surface area contributed by atoms with Crippen LogP contribution in [0.3, 0.4) is 0 Å². The number of nitrogens with zero attached hydrogens (tertiary/aromatic N) is 2. The van der Waals surface area contributed by atoms with Crippen molar-refractivity contribution in [2.24, 2.45) is 0 Å². The number of hydrogen-bond donors (Lipinski definition) is 1. The first kappa shape index (κ1) is 23.7. The van der Waals surface area contributed by atoms with E-state index in [1.807, 2.05) is 30.3 Å². The van der Waals surface area contributed by atoms with E-state index >= 15 is 0 Å². The number of nitrogens with one attached hydrogen (secondary N) is 1. The largest absolute Gasteiger partial charge is 0.477 e. The third-order valence-corrected chi connectivity index (χ3v) is 7.09. The molecule has 0 spiro atoms. The number of rotatable bonds is 8. The summed E-state index contributed by atoms with van der Waals surface area (Å²) in [4.78, 5) is 37.4. The zero-order valence-corrected chi connectivity index (χ0v) is 19.6. The Balaban J connectivity index is 1.41. The van der Waals surface area contributed by atoms with E-state index in [9.17, 15) is 19.7 Å². The minimum absolute atomic E-state index is 0.0124. The Morgan fingerprint density at radius 2 is 1.94 bits per heavy atom. The van der Waals surface area contributed by atoms with Gasteiger partial charge in [0.15, 0.2) is 0 Å². The number of nitro groups is 1. The van der Waals surface area contributed by atoms with Crippen LogP contribution in [0.1, 0.15) is 11.1 Å². The van der Waals surface area contributed by atoms with Crippen molar-refractivity contribution in [1.82, 2.24) is 10.2 Å². The first-order chi connectivity index (χ1) is 16.4. The number of ether oxygens (including phenoxy) is 1. The lowest BCUT2D eigenvalue weighted by Crippen LogP contribution is -2.70. The van der Waals surface area contributed by atoms with Crippen molar-refractivity contribution in [3.05, 3.63) is 99.8 Å². The molecule has 2 aromatic rings. The molecule has 4 rings (SSSR count). The third-order valence-electron chi connectivity index (χ3n) is 5.48. The molecule has 8 nitrogen and oxygen atoms in total. The molecule has 1 fully saturated rings. The van der Waals surface area contributed by atoms with Crippen molar-refractivity contribution < 1.29 is 19.2 Å². The summed E-state index contributed by atoms with van der Waals surface area (Å²) >= 11 is 7.02. The molecule has 2 atom stereocenters. The molecule has 0 radical (unpaired) electrons. The summed E-state index contributed by atoms with van der Waals surface area (Å²) in [6.07, 6.45) is 1.84. The van der Waals surface area contributed by atoms with Crippen LogP contribution in [0.5, 0.6) is 0 Å². The zero-order valence-electron chi connectivity index (χ0n) is 18.0. The van der Waals surface area contributed by atoms with Crippen LogP contribution in [-0.4, -0.2) is 43.9 Å². The maximum atomic E-state index is 13.0. The van der Waals surface area contributed by atoms with Gasteiger partial charge in [0, 0.05) is 17.9 Å². The fourth-order valence-corrected chi connectivity index (χ4v) is 5.35. The predicted molar refractivity (Wildman–Crippen MR) is 133 cm³/mol. The number of benzene rings is 2. The van der Waals surface area contributed by atoms with Gasteiger partial charge in [0.2, 0.25) is 11.0 Å². The fourth-order valence-electron chi connectivity index (χ4n) is 3.73. The van der Waals surface area contributed by atoms with E-state index in [0.29, 0.717) is 17.0 Å². The molecule has 0 saturated carbocycles. The molecule has 1 N–H and O–H groups in total. The van der Waals surface area contributed by atoms with Gasteiger partial charge >= 0.3 is 0 Å². The average molecular weight is 496 g/mol. The topological polar surface area (TPSA) is 102 Å². The maximum absolute atomic E-state index is 13.0. The van der Waals surface area contributed by atoms with Crippen molar-refractivity contribution in [3.63, 3.8) is 0 Å². The number of thiocarbonyl (C=S) groups is 1. The lowest BCUT2D eigenvalue weighted by atomic mass is 10.0. The van der Waals surface area contributed by atoms with E-state index in [1.54, 1.807) is 23.1 Å². The van der Waals surface area contributed by atoms with Crippen LogP contribution >= 0.6 is 24.0 Å². The summed E-state index contributed by atoms with van der Waals surface area (Å²) in [7, 11) is 0. The van der Waals surface area contributed by atoms with Gasteiger partial charge in [-0.05, 0) is 41.1 Å². The first-order valence-corrected chi connectivity index (χ1v) is 11.9. The fraction of sp³-hybridized carbons (Fsp3) is 0.208. The van der Waals surface area contributed by atoms with Crippen LogP contribution < -0.4 is 5.32 Å². The van der Waals surface area contributed by atoms with E-state index < -0.39 is 11.0 Å². The summed E-state index contributed by atoms with van der Waals surface area (Å²) in [6.45, 7) is 3.93. The second-order valence-corrected chi connectivity index (χ2v) is 9.17. The second-order valence-electron chi connectivity index (χ2n) is 7.70. The Kier molecular flexibility index (Phi) is 7.09. The summed E-state index contributed by atoms with van der Waals surface area (Å²) < 4.78 is 5.76. The lowest BCUT2D eigenvalue weighted by molar-refractivity contribution is -0.384. The molecule has 2 aliphatic heterocycles. The normalized spacial score (nSPS) is 19.1. The number of thioether (sulfide) groups is 1. The highest BCUT2D eigenvalue weighted by Gasteiger charge is 2.53.